The van der Waals surface area contributed by atoms with Gasteiger partial charge >= 0.3 is 0 Å². The van der Waals surface area contributed by atoms with Gasteiger partial charge in [-0.05, 0) is 60.9 Å². The number of carbonyl (C=O) groups is 2. The number of halogens is 1. The number of hydrogen-bond acceptors (Lipinski definition) is 6. The van der Waals surface area contributed by atoms with Crippen LogP contribution in [0.4, 0.5) is 5.69 Å². The second kappa shape index (κ2) is 11.0. The molecule has 0 saturated carbocycles. The number of carbonyl (C=O) groups excluding carboxylic acids is 2. The van der Waals surface area contributed by atoms with E-state index in [1.807, 2.05) is 6.92 Å². The third-order valence-electron chi connectivity index (χ3n) is 6.25. The minimum Gasteiger partial charge on any atom is -0.507 e. The fourth-order valence-electron chi connectivity index (χ4n) is 4.38. The van der Waals surface area contributed by atoms with Gasteiger partial charge in [-0.25, -0.2) is 0 Å². The van der Waals surface area contributed by atoms with Crippen molar-refractivity contribution in [2.45, 2.75) is 26.3 Å². The Morgan fingerprint density at radius 1 is 1.00 bits per heavy atom. The van der Waals surface area contributed by atoms with Crippen molar-refractivity contribution in [3.8, 4) is 17.2 Å². The molecular formula is C29H28ClNO6. The summed E-state index contributed by atoms with van der Waals surface area (Å²) in [5.74, 6) is -0.427. The van der Waals surface area contributed by atoms with Crippen LogP contribution in [-0.2, 0) is 9.59 Å². The first-order valence-electron chi connectivity index (χ1n) is 11.8. The highest BCUT2D eigenvalue weighted by Crippen LogP contribution is 2.45. The van der Waals surface area contributed by atoms with Crippen molar-refractivity contribution < 1.29 is 28.9 Å². The first kappa shape index (κ1) is 26.1. The number of ketones is 1. The van der Waals surface area contributed by atoms with Crippen molar-refractivity contribution in [1.82, 2.24) is 0 Å². The van der Waals surface area contributed by atoms with Crippen LogP contribution in [0.2, 0.25) is 5.02 Å². The molecule has 4 rings (SSSR count). The van der Waals surface area contributed by atoms with Gasteiger partial charge in [0.25, 0.3) is 11.7 Å². The molecule has 1 amide bonds. The summed E-state index contributed by atoms with van der Waals surface area (Å²) in [5.41, 5.74) is 1.96. The highest BCUT2D eigenvalue weighted by atomic mass is 35.5. The molecule has 0 spiro atoms. The molecule has 1 aliphatic heterocycles. The number of methoxy groups -OCH3 is 2. The van der Waals surface area contributed by atoms with Crippen LogP contribution in [0.1, 0.15) is 36.1 Å². The summed E-state index contributed by atoms with van der Waals surface area (Å²) in [6.07, 6.45) is 0.819. The fraction of sp³-hybridized carbons (Fsp3) is 0.241. The van der Waals surface area contributed by atoms with Gasteiger partial charge in [0.1, 0.15) is 11.5 Å². The summed E-state index contributed by atoms with van der Waals surface area (Å²) >= 11 is 6.38. The lowest BCUT2D eigenvalue weighted by molar-refractivity contribution is -0.132. The van der Waals surface area contributed by atoms with E-state index in [2.05, 4.69) is 0 Å². The Morgan fingerprint density at radius 3 is 2.43 bits per heavy atom. The van der Waals surface area contributed by atoms with Crippen LogP contribution in [0.5, 0.6) is 17.2 Å². The predicted molar refractivity (Wildman–Crippen MR) is 143 cm³/mol. The molecule has 1 heterocycles. The molecule has 1 unspecified atom stereocenters. The fourth-order valence-corrected chi connectivity index (χ4v) is 4.55. The monoisotopic (exact) mass is 521 g/mol. The molecule has 0 radical (unpaired) electrons. The van der Waals surface area contributed by atoms with Crippen molar-refractivity contribution in [2.24, 2.45) is 0 Å². The number of rotatable bonds is 8. The van der Waals surface area contributed by atoms with E-state index in [-0.39, 0.29) is 11.3 Å². The molecule has 1 N–H and O–H groups in total. The molecule has 192 valence electrons. The van der Waals surface area contributed by atoms with Crippen molar-refractivity contribution in [3.05, 3.63) is 87.9 Å². The molecule has 1 atom stereocenters. The predicted octanol–water partition coefficient (Wildman–Crippen LogP) is 6.08. The first-order chi connectivity index (χ1) is 17.8. The van der Waals surface area contributed by atoms with Gasteiger partial charge in [0, 0.05) is 16.3 Å². The Bertz CT molecular complexity index is 1380. The molecule has 8 heteroatoms. The Labute approximate surface area is 220 Å². The normalized spacial score (nSPS) is 16.7. The smallest absolute Gasteiger partial charge is 0.300 e. The van der Waals surface area contributed by atoms with Gasteiger partial charge in [-0.3, -0.25) is 14.5 Å². The van der Waals surface area contributed by atoms with Crippen LogP contribution >= 0.6 is 11.6 Å². The van der Waals surface area contributed by atoms with Crippen LogP contribution in [0.3, 0.4) is 0 Å². The van der Waals surface area contributed by atoms with Gasteiger partial charge in [0.2, 0.25) is 0 Å². The van der Waals surface area contributed by atoms with Crippen molar-refractivity contribution >= 4 is 34.7 Å². The molecule has 1 fully saturated rings. The van der Waals surface area contributed by atoms with Crippen molar-refractivity contribution in [1.29, 1.82) is 0 Å². The minimum absolute atomic E-state index is 0.0516. The van der Waals surface area contributed by atoms with E-state index in [0.717, 1.165) is 6.42 Å². The maximum absolute atomic E-state index is 13.5. The Balaban J connectivity index is 1.96. The number of aliphatic hydroxyl groups excluding tert-OH is 1. The molecule has 3 aromatic carbocycles. The summed E-state index contributed by atoms with van der Waals surface area (Å²) in [6.45, 7) is 4.28. The van der Waals surface area contributed by atoms with E-state index in [4.69, 9.17) is 25.8 Å². The molecule has 0 aliphatic carbocycles. The summed E-state index contributed by atoms with van der Waals surface area (Å²) in [5, 5.41) is 11.9. The lowest BCUT2D eigenvalue weighted by Crippen LogP contribution is -2.30. The van der Waals surface area contributed by atoms with Crippen LogP contribution in [-0.4, -0.2) is 37.6 Å². The summed E-state index contributed by atoms with van der Waals surface area (Å²) in [4.78, 5) is 28.4. The molecule has 3 aromatic rings. The van der Waals surface area contributed by atoms with Gasteiger partial charge < -0.3 is 19.3 Å². The molecule has 37 heavy (non-hydrogen) atoms. The maximum atomic E-state index is 13.5. The second-order valence-corrected chi connectivity index (χ2v) is 8.95. The highest BCUT2D eigenvalue weighted by Gasteiger charge is 2.47. The molecule has 7 nitrogen and oxygen atoms in total. The van der Waals surface area contributed by atoms with Gasteiger partial charge in [-0.2, -0.15) is 0 Å². The Morgan fingerprint density at radius 2 is 1.73 bits per heavy atom. The number of benzene rings is 3. The number of ether oxygens (including phenoxy) is 3. The van der Waals surface area contributed by atoms with E-state index in [1.54, 1.807) is 67.6 Å². The standard InChI is InChI=1S/C29H28ClNO6/c1-5-14-37-20-9-6-8-19(15-20)27(32)25-26(18-12-13-23(35-3)24(16-18)36-4)31(29(34)28(25)33)22-11-7-10-21(30)17(22)2/h6-13,15-16,26,32H,5,14H2,1-4H3/b27-25+. The number of Topliss-reactive ketones (excluding diaryl/α,β-unsaturated/α-hetero) is 1. The zero-order valence-corrected chi connectivity index (χ0v) is 21.8. The van der Waals surface area contributed by atoms with E-state index in [0.29, 0.717) is 51.3 Å². The highest BCUT2D eigenvalue weighted by molar-refractivity contribution is 6.52. The van der Waals surface area contributed by atoms with Crippen LogP contribution < -0.4 is 19.1 Å². The van der Waals surface area contributed by atoms with Crippen LogP contribution in [0, 0.1) is 6.92 Å². The van der Waals surface area contributed by atoms with E-state index >= 15 is 0 Å². The van der Waals surface area contributed by atoms with Gasteiger partial charge in [-0.15, -0.1) is 0 Å². The summed E-state index contributed by atoms with van der Waals surface area (Å²) in [6, 6.07) is 16.1. The Hall–Kier alpha value is -3.97. The van der Waals surface area contributed by atoms with Crippen LogP contribution in [0.15, 0.2) is 66.2 Å². The SMILES string of the molecule is CCCOc1cccc(/C(O)=C2\C(=O)C(=O)N(c3cccc(Cl)c3C)C2c2ccc(OC)c(OC)c2)c1. The topological polar surface area (TPSA) is 85.3 Å². The maximum Gasteiger partial charge on any atom is 0.300 e. The van der Waals surface area contributed by atoms with Crippen molar-refractivity contribution in [2.75, 3.05) is 25.7 Å². The number of aliphatic hydroxyl groups is 1. The summed E-state index contributed by atoms with van der Waals surface area (Å²) < 4.78 is 16.5. The zero-order valence-electron chi connectivity index (χ0n) is 21.1. The second-order valence-electron chi connectivity index (χ2n) is 8.54. The van der Waals surface area contributed by atoms with Crippen LogP contribution in [0.25, 0.3) is 5.76 Å². The zero-order chi connectivity index (χ0) is 26.7. The lowest BCUT2D eigenvalue weighted by atomic mass is 9.94. The third kappa shape index (κ3) is 4.87. The van der Waals surface area contributed by atoms with Gasteiger partial charge in [0.05, 0.1) is 32.4 Å². The molecular weight excluding hydrogens is 494 g/mol. The summed E-state index contributed by atoms with van der Waals surface area (Å²) in [7, 11) is 3.02. The van der Waals surface area contributed by atoms with Crippen molar-refractivity contribution in [3.63, 3.8) is 0 Å². The minimum atomic E-state index is -0.947. The number of amides is 1. The average molecular weight is 522 g/mol. The molecule has 1 aliphatic rings. The average Bonchev–Trinajstić information content (AvgIpc) is 3.18. The molecule has 0 bridgehead atoms. The first-order valence-corrected chi connectivity index (χ1v) is 12.2. The molecule has 1 saturated heterocycles. The largest absolute Gasteiger partial charge is 0.507 e. The number of nitrogens with zero attached hydrogens (tertiary/aromatic N) is 1. The van der Waals surface area contributed by atoms with E-state index in [9.17, 15) is 14.7 Å². The third-order valence-corrected chi connectivity index (χ3v) is 6.66. The lowest BCUT2D eigenvalue weighted by Gasteiger charge is -2.27. The van der Waals surface area contributed by atoms with Gasteiger partial charge in [0.15, 0.2) is 11.5 Å². The molecule has 0 aromatic heterocycles. The van der Waals surface area contributed by atoms with Gasteiger partial charge in [-0.1, -0.05) is 42.8 Å². The van der Waals surface area contributed by atoms with E-state index in [1.165, 1.54) is 19.1 Å². The Kier molecular flexibility index (Phi) is 7.74. The number of hydrogen-bond donors (Lipinski definition) is 1. The number of anilines is 1. The quantitative estimate of drug-likeness (QED) is 0.220. The van der Waals surface area contributed by atoms with E-state index < -0.39 is 17.7 Å².